The van der Waals surface area contributed by atoms with E-state index < -0.39 is 5.97 Å². The predicted molar refractivity (Wildman–Crippen MR) is 67.0 cm³/mol. The van der Waals surface area contributed by atoms with E-state index in [2.05, 4.69) is 10.1 Å². The van der Waals surface area contributed by atoms with E-state index in [1.54, 1.807) is 16.9 Å². The van der Waals surface area contributed by atoms with Crippen molar-refractivity contribution in [3.05, 3.63) is 41.9 Å². The summed E-state index contributed by atoms with van der Waals surface area (Å²) in [6, 6.07) is 5.45. The van der Waals surface area contributed by atoms with Crippen LogP contribution in [0.3, 0.4) is 0 Å². The van der Waals surface area contributed by atoms with Crippen LogP contribution in [-0.4, -0.2) is 25.8 Å². The molecule has 0 fully saturated rings. The second kappa shape index (κ2) is 4.25. The number of rotatable bonds is 2. The van der Waals surface area contributed by atoms with E-state index in [1.165, 1.54) is 6.20 Å². The molecule has 5 nitrogen and oxygen atoms in total. The van der Waals surface area contributed by atoms with Gasteiger partial charge in [0.05, 0.1) is 11.9 Å². The first kappa shape index (κ1) is 12.3. The molecule has 2 aromatic heterocycles. The molecule has 1 N–H and O–H groups in total. The summed E-state index contributed by atoms with van der Waals surface area (Å²) < 4.78 is 1.59. The lowest BCUT2D eigenvalue weighted by atomic mass is 9.89. The third-order valence-electron chi connectivity index (χ3n) is 2.58. The lowest BCUT2D eigenvalue weighted by molar-refractivity contribution is 0.0694. The van der Waals surface area contributed by atoms with Gasteiger partial charge in [0.1, 0.15) is 5.56 Å². The van der Waals surface area contributed by atoms with Crippen molar-refractivity contribution in [3.63, 3.8) is 0 Å². The lowest BCUT2D eigenvalue weighted by Gasteiger charge is -2.21. The summed E-state index contributed by atoms with van der Waals surface area (Å²) >= 11 is 0. The molecular formula is C13H15N3O2. The normalized spacial score (nSPS) is 11.5. The molecule has 2 heterocycles. The van der Waals surface area contributed by atoms with Crippen molar-refractivity contribution in [1.82, 2.24) is 14.8 Å². The SMILES string of the molecule is CC(C)(C)c1c(C(=O)O)cnn1-c1ccccn1. The molecule has 0 saturated carbocycles. The van der Waals surface area contributed by atoms with Crippen molar-refractivity contribution in [3.8, 4) is 5.82 Å². The van der Waals surface area contributed by atoms with Gasteiger partial charge in [-0.25, -0.2) is 14.5 Å². The van der Waals surface area contributed by atoms with Crippen molar-refractivity contribution >= 4 is 5.97 Å². The van der Waals surface area contributed by atoms with Crippen LogP contribution in [0.5, 0.6) is 0 Å². The average molecular weight is 245 g/mol. The van der Waals surface area contributed by atoms with Crippen molar-refractivity contribution in [1.29, 1.82) is 0 Å². The number of carboxylic acid groups (broad SMARTS) is 1. The fraction of sp³-hybridized carbons (Fsp3) is 0.308. The van der Waals surface area contributed by atoms with Gasteiger partial charge in [0.2, 0.25) is 0 Å². The van der Waals surface area contributed by atoms with Gasteiger partial charge in [-0.3, -0.25) is 0 Å². The summed E-state index contributed by atoms with van der Waals surface area (Å²) in [7, 11) is 0. The Kier molecular flexibility index (Phi) is 2.90. The van der Waals surface area contributed by atoms with E-state index in [1.807, 2.05) is 32.9 Å². The standard InChI is InChI=1S/C13H15N3O2/c1-13(2,3)11-9(12(17)18)8-15-16(11)10-6-4-5-7-14-10/h4-8H,1-3H3,(H,17,18). The van der Waals surface area contributed by atoms with Gasteiger partial charge >= 0.3 is 5.97 Å². The number of pyridine rings is 1. The number of hydrogen-bond donors (Lipinski definition) is 1. The third kappa shape index (κ3) is 2.11. The molecule has 0 aromatic carbocycles. The Hall–Kier alpha value is -2.17. The van der Waals surface area contributed by atoms with Crippen LogP contribution in [0.15, 0.2) is 30.6 Å². The first-order valence-electron chi connectivity index (χ1n) is 5.64. The van der Waals surface area contributed by atoms with Crippen molar-refractivity contribution in [2.75, 3.05) is 0 Å². The zero-order valence-electron chi connectivity index (χ0n) is 10.6. The van der Waals surface area contributed by atoms with Gasteiger partial charge in [0, 0.05) is 11.6 Å². The van der Waals surface area contributed by atoms with Gasteiger partial charge in [-0.15, -0.1) is 0 Å². The average Bonchev–Trinajstić information content (AvgIpc) is 2.74. The second-order valence-electron chi connectivity index (χ2n) is 5.06. The van der Waals surface area contributed by atoms with E-state index in [9.17, 15) is 9.90 Å². The largest absolute Gasteiger partial charge is 0.478 e. The van der Waals surface area contributed by atoms with Gasteiger partial charge in [0.15, 0.2) is 5.82 Å². The summed E-state index contributed by atoms with van der Waals surface area (Å²) in [5.41, 5.74) is 0.531. The Balaban J connectivity index is 2.67. The van der Waals surface area contributed by atoms with E-state index in [-0.39, 0.29) is 11.0 Å². The molecule has 0 spiro atoms. The molecule has 0 atom stereocenters. The van der Waals surface area contributed by atoms with Crippen molar-refractivity contribution in [2.24, 2.45) is 0 Å². The number of aromatic carboxylic acids is 1. The Morgan fingerprint density at radius 2 is 2.06 bits per heavy atom. The van der Waals surface area contributed by atoms with Crippen LogP contribution in [0, 0.1) is 0 Å². The van der Waals surface area contributed by atoms with E-state index >= 15 is 0 Å². The molecule has 0 amide bonds. The molecule has 0 saturated heterocycles. The maximum Gasteiger partial charge on any atom is 0.339 e. The monoisotopic (exact) mass is 245 g/mol. The molecule has 0 bridgehead atoms. The minimum atomic E-state index is -0.970. The molecule has 2 aromatic rings. The van der Waals surface area contributed by atoms with E-state index in [4.69, 9.17) is 0 Å². The quantitative estimate of drug-likeness (QED) is 0.881. The van der Waals surface area contributed by atoms with Gasteiger partial charge in [-0.2, -0.15) is 5.10 Å². The maximum absolute atomic E-state index is 11.2. The van der Waals surface area contributed by atoms with Crippen LogP contribution in [0.1, 0.15) is 36.8 Å². The number of carboxylic acids is 1. The van der Waals surface area contributed by atoms with Crippen LogP contribution >= 0.6 is 0 Å². The molecule has 18 heavy (non-hydrogen) atoms. The van der Waals surface area contributed by atoms with Crippen LogP contribution < -0.4 is 0 Å². The topological polar surface area (TPSA) is 68.0 Å². The third-order valence-corrected chi connectivity index (χ3v) is 2.58. The van der Waals surface area contributed by atoms with Crippen LogP contribution in [-0.2, 0) is 5.41 Å². The zero-order valence-corrected chi connectivity index (χ0v) is 10.6. The number of nitrogens with zero attached hydrogens (tertiary/aromatic N) is 3. The van der Waals surface area contributed by atoms with Gasteiger partial charge < -0.3 is 5.11 Å². The molecule has 0 aliphatic rings. The maximum atomic E-state index is 11.2. The Bertz CT molecular complexity index is 568. The smallest absolute Gasteiger partial charge is 0.339 e. The number of hydrogen-bond acceptors (Lipinski definition) is 3. The molecule has 94 valence electrons. The zero-order chi connectivity index (χ0) is 13.3. The summed E-state index contributed by atoms with van der Waals surface area (Å²) in [4.78, 5) is 15.4. The molecule has 0 unspecified atom stereocenters. The molecule has 0 aliphatic carbocycles. The molecule has 0 aliphatic heterocycles. The second-order valence-corrected chi connectivity index (χ2v) is 5.06. The van der Waals surface area contributed by atoms with E-state index in [0.717, 1.165) is 0 Å². The fourth-order valence-electron chi connectivity index (χ4n) is 1.88. The van der Waals surface area contributed by atoms with Crippen molar-refractivity contribution < 1.29 is 9.90 Å². The highest BCUT2D eigenvalue weighted by atomic mass is 16.4. The lowest BCUT2D eigenvalue weighted by Crippen LogP contribution is -2.21. The molecule has 5 heteroatoms. The number of carbonyl (C=O) groups is 1. The first-order valence-corrected chi connectivity index (χ1v) is 5.64. The van der Waals surface area contributed by atoms with Crippen molar-refractivity contribution in [2.45, 2.75) is 26.2 Å². The summed E-state index contributed by atoms with van der Waals surface area (Å²) in [5, 5.41) is 13.4. The van der Waals surface area contributed by atoms with Crippen LogP contribution in [0.2, 0.25) is 0 Å². The van der Waals surface area contributed by atoms with Crippen LogP contribution in [0.25, 0.3) is 5.82 Å². The minimum absolute atomic E-state index is 0.216. The predicted octanol–water partition coefficient (Wildman–Crippen LogP) is 2.26. The van der Waals surface area contributed by atoms with Gasteiger partial charge in [-0.1, -0.05) is 26.8 Å². The Morgan fingerprint density at radius 3 is 2.56 bits per heavy atom. The highest BCUT2D eigenvalue weighted by Crippen LogP contribution is 2.27. The highest BCUT2D eigenvalue weighted by molar-refractivity contribution is 5.89. The molecule has 0 radical (unpaired) electrons. The summed E-state index contributed by atoms with van der Waals surface area (Å²) in [6.07, 6.45) is 3.03. The first-order chi connectivity index (χ1) is 8.41. The molecular weight excluding hydrogens is 230 g/mol. The minimum Gasteiger partial charge on any atom is -0.478 e. The highest BCUT2D eigenvalue weighted by Gasteiger charge is 2.28. The van der Waals surface area contributed by atoms with Gasteiger partial charge in [-0.05, 0) is 12.1 Å². The van der Waals surface area contributed by atoms with Gasteiger partial charge in [0.25, 0.3) is 0 Å². The summed E-state index contributed by atoms with van der Waals surface area (Å²) in [5.74, 6) is -0.350. The Morgan fingerprint density at radius 1 is 1.33 bits per heavy atom. The van der Waals surface area contributed by atoms with Crippen LogP contribution in [0.4, 0.5) is 0 Å². The summed E-state index contributed by atoms with van der Waals surface area (Å²) in [6.45, 7) is 5.86. The fourth-order valence-corrected chi connectivity index (χ4v) is 1.88. The number of aromatic nitrogens is 3. The van der Waals surface area contributed by atoms with E-state index in [0.29, 0.717) is 11.5 Å². The Labute approximate surface area is 105 Å². The molecule has 2 rings (SSSR count).